The molecule has 10 heteroatoms. The number of rotatable bonds is 3. The fourth-order valence-electron chi connectivity index (χ4n) is 0.444. The molecule has 0 amide bonds. The number of ketones is 2. The minimum atomic E-state index is -6.03. The second-order valence-electron chi connectivity index (χ2n) is 2.10. The van der Waals surface area contributed by atoms with Gasteiger partial charge in [0, 0.05) is 4.53 Å². The summed E-state index contributed by atoms with van der Waals surface area (Å²) >= 11 is 0. The normalized spacial score (nSPS) is 12.1. The first-order chi connectivity index (χ1) is 6.55. The molecule has 0 aromatic heterocycles. The van der Waals surface area contributed by atoms with Crippen molar-refractivity contribution >= 4 is 17.5 Å². The van der Waals surface area contributed by atoms with Gasteiger partial charge in [-0.25, -0.2) is 9.74 Å². The first-order valence-corrected chi connectivity index (χ1v) is 2.92. The molecule has 0 N–H and O–H groups in total. The van der Waals surface area contributed by atoms with E-state index in [1.807, 2.05) is 4.94 Å². The largest absolute Gasteiger partial charge is 0.456 e. The second kappa shape index (κ2) is 3.87. The van der Waals surface area contributed by atoms with Crippen LogP contribution in [-0.2, 0) is 19.3 Å². The van der Waals surface area contributed by atoms with E-state index in [0.29, 0.717) is 0 Å². The molecule has 86 valence electrons. The van der Waals surface area contributed by atoms with Gasteiger partial charge in [-0.2, -0.15) is 22.0 Å². The smallest absolute Gasteiger partial charge is 0.282 e. The van der Waals surface area contributed by atoms with Crippen molar-refractivity contribution in [2.24, 2.45) is 0 Å². The van der Waals surface area contributed by atoms with Gasteiger partial charge in [0.1, 0.15) is 0 Å². The number of alkyl halides is 5. The Kier molecular flexibility index (Phi) is 3.45. The molecule has 4 nitrogen and oxygen atoms in total. The van der Waals surface area contributed by atoms with Crippen molar-refractivity contribution < 1.29 is 45.8 Å². The van der Waals surface area contributed by atoms with Gasteiger partial charge in [0.25, 0.3) is 0 Å². The molecular weight excluding hydrogens is 238 g/mol. The lowest BCUT2D eigenvalue weighted by atomic mass is 10.1. The summed E-state index contributed by atoms with van der Waals surface area (Å²) in [7, 11) is 0. The Morgan fingerprint density at radius 3 is 1.60 bits per heavy atom. The van der Waals surface area contributed by atoms with Crippen LogP contribution in [0.15, 0.2) is 0 Å². The number of hydrogen-bond acceptors (Lipinski definition) is 4. The van der Waals surface area contributed by atoms with Gasteiger partial charge >= 0.3 is 29.6 Å². The Hall–Kier alpha value is -1.61. The third-order valence-electron chi connectivity index (χ3n) is 1.08. The van der Waals surface area contributed by atoms with E-state index in [-0.39, 0.29) is 0 Å². The van der Waals surface area contributed by atoms with Gasteiger partial charge in [0.15, 0.2) is 0 Å². The molecule has 0 aliphatic rings. The average Bonchev–Trinajstić information content (AvgIpc) is 2.12. The molecule has 0 rings (SSSR count). The molecule has 15 heavy (non-hydrogen) atoms. The third kappa shape index (κ3) is 2.67. The molecule has 0 aromatic carbocycles. The molecule has 0 aromatic rings. The Balaban J connectivity index is 5.07. The minimum absolute atomic E-state index is 1.97. The first-order valence-electron chi connectivity index (χ1n) is 2.92. The van der Waals surface area contributed by atoms with Gasteiger partial charge in [-0.1, -0.05) is 0 Å². The monoisotopic (exact) mass is 238 g/mol. The third-order valence-corrected chi connectivity index (χ3v) is 1.08. The molecule has 0 aliphatic carbocycles. The molecule has 0 saturated carbocycles. The van der Waals surface area contributed by atoms with Crippen molar-refractivity contribution in [1.29, 1.82) is 0 Å². The summed E-state index contributed by atoms with van der Waals surface area (Å²) in [5.74, 6) is -15.6. The molecule has 0 saturated heterocycles. The maximum absolute atomic E-state index is 12.3. The van der Waals surface area contributed by atoms with Crippen LogP contribution in [-0.4, -0.2) is 29.6 Å². The van der Waals surface area contributed by atoms with E-state index in [0.717, 1.165) is 0 Å². The molecule has 0 bridgehead atoms. The summed E-state index contributed by atoms with van der Waals surface area (Å²) in [6, 6.07) is 0. The zero-order valence-corrected chi connectivity index (χ0v) is 6.40. The van der Waals surface area contributed by atoms with Crippen LogP contribution in [0.3, 0.4) is 0 Å². The average molecular weight is 238 g/mol. The quantitative estimate of drug-likeness (QED) is 0.413. The Bertz CT molecular complexity index is 305. The van der Waals surface area contributed by atoms with E-state index >= 15 is 0 Å². The van der Waals surface area contributed by atoms with Gasteiger partial charge in [0.05, 0.1) is 0 Å². The molecular formula is C5F6O4. The lowest BCUT2D eigenvalue weighted by molar-refractivity contribution is -0.205. The molecule has 0 spiro atoms. The number of carbonyl (C=O) groups excluding carboxylic acids is 3. The number of hydrogen-bond donors (Lipinski definition) is 0. The summed E-state index contributed by atoms with van der Waals surface area (Å²) < 4.78 is 69.8. The molecule has 0 fully saturated rings. The Morgan fingerprint density at radius 2 is 1.33 bits per heavy atom. The maximum atomic E-state index is 12.3. The van der Waals surface area contributed by atoms with Crippen LogP contribution in [0, 0.1) is 0 Å². The zero-order valence-electron chi connectivity index (χ0n) is 6.40. The molecule has 0 aliphatic heterocycles. The fraction of sp³-hybridized carbons (Fsp3) is 0.400. The van der Waals surface area contributed by atoms with E-state index < -0.39 is 29.6 Å². The van der Waals surface area contributed by atoms with Crippen molar-refractivity contribution in [2.75, 3.05) is 0 Å². The zero-order chi connectivity index (χ0) is 12.4. The van der Waals surface area contributed by atoms with Gasteiger partial charge in [0.2, 0.25) is 0 Å². The fourth-order valence-corrected chi connectivity index (χ4v) is 0.444. The first kappa shape index (κ1) is 13.4. The number of Topliss-reactive ketones (excluding diaryl/α,β-unsaturated/α-hetero) is 2. The van der Waals surface area contributed by atoms with E-state index in [4.69, 9.17) is 0 Å². The van der Waals surface area contributed by atoms with Crippen molar-refractivity contribution in [2.45, 2.75) is 12.1 Å². The summed E-state index contributed by atoms with van der Waals surface area (Å²) in [5, 5.41) is 0. The highest BCUT2D eigenvalue weighted by Crippen LogP contribution is 2.28. The van der Waals surface area contributed by atoms with Crippen LogP contribution >= 0.6 is 0 Å². The van der Waals surface area contributed by atoms with Gasteiger partial charge in [-0.15, -0.1) is 0 Å². The van der Waals surface area contributed by atoms with Crippen LogP contribution in [0.2, 0.25) is 0 Å². The molecule has 0 radical (unpaired) electrons. The SMILES string of the molecule is O=C(OF)C(=O)C(F)(F)C(=O)C(F)(F)F. The lowest BCUT2D eigenvalue weighted by Crippen LogP contribution is -2.48. The highest BCUT2D eigenvalue weighted by atomic mass is 19.4. The summed E-state index contributed by atoms with van der Waals surface area (Å²) in [5.41, 5.74) is 0. The molecule has 0 unspecified atom stereocenters. The highest BCUT2D eigenvalue weighted by Gasteiger charge is 2.62. The van der Waals surface area contributed by atoms with Crippen molar-refractivity contribution in [3.8, 4) is 0 Å². The molecule has 0 atom stereocenters. The van der Waals surface area contributed by atoms with Gasteiger partial charge in [-0.3, -0.25) is 9.59 Å². The van der Waals surface area contributed by atoms with E-state index in [9.17, 15) is 40.9 Å². The predicted molar refractivity (Wildman–Crippen MR) is 28.2 cm³/mol. The van der Waals surface area contributed by atoms with Crippen LogP contribution in [0.5, 0.6) is 0 Å². The number of carbonyl (C=O) groups is 3. The Morgan fingerprint density at radius 1 is 0.933 bits per heavy atom. The highest BCUT2D eigenvalue weighted by molar-refractivity contribution is 6.41. The lowest BCUT2D eigenvalue weighted by Gasteiger charge is -2.12. The summed E-state index contributed by atoms with van der Waals surface area (Å²) in [4.78, 5) is 31.8. The van der Waals surface area contributed by atoms with Crippen LogP contribution < -0.4 is 0 Å². The summed E-state index contributed by atoms with van der Waals surface area (Å²) in [6.45, 7) is 0. The van der Waals surface area contributed by atoms with Crippen LogP contribution in [0.4, 0.5) is 26.5 Å². The van der Waals surface area contributed by atoms with Crippen LogP contribution in [0.1, 0.15) is 0 Å². The summed E-state index contributed by atoms with van der Waals surface area (Å²) in [6.07, 6.45) is -6.03. The van der Waals surface area contributed by atoms with E-state index in [1.54, 1.807) is 0 Å². The second-order valence-corrected chi connectivity index (χ2v) is 2.10. The van der Waals surface area contributed by atoms with E-state index in [1.165, 1.54) is 0 Å². The van der Waals surface area contributed by atoms with Crippen molar-refractivity contribution in [1.82, 2.24) is 0 Å². The van der Waals surface area contributed by atoms with E-state index in [2.05, 4.69) is 0 Å². The Labute approximate surface area is 76.7 Å². The molecule has 0 heterocycles. The standard InChI is InChI=1S/C5F6O4/c6-4(7,1(12)2(13)15-11)3(14)5(8,9)10. The topological polar surface area (TPSA) is 60.4 Å². The number of halogens is 6. The van der Waals surface area contributed by atoms with Crippen molar-refractivity contribution in [3.63, 3.8) is 0 Å². The predicted octanol–water partition coefficient (Wildman–Crippen LogP) is 0.750. The minimum Gasteiger partial charge on any atom is -0.282 e. The van der Waals surface area contributed by atoms with Crippen LogP contribution in [0.25, 0.3) is 0 Å². The van der Waals surface area contributed by atoms with Gasteiger partial charge < -0.3 is 0 Å². The maximum Gasteiger partial charge on any atom is 0.456 e. The van der Waals surface area contributed by atoms with Gasteiger partial charge in [-0.05, 0) is 0 Å². The van der Waals surface area contributed by atoms with Crippen molar-refractivity contribution in [3.05, 3.63) is 0 Å².